The summed E-state index contributed by atoms with van der Waals surface area (Å²) >= 11 is 0. The Morgan fingerprint density at radius 2 is 1.94 bits per heavy atom. The summed E-state index contributed by atoms with van der Waals surface area (Å²) in [4.78, 5) is 10.9. The number of carbonyl (C=O) groups is 1. The van der Waals surface area contributed by atoms with Gasteiger partial charge in [-0.05, 0) is 11.6 Å². The van der Waals surface area contributed by atoms with Crippen LogP contribution in [0.25, 0.3) is 0 Å². The third kappa shape index (κ3) is 2.99. The average Bonchev–Trinajstić information content (AvgIpc) is 2.35. The maximum Gasteiger partial charge on any atom is 0.337 e. The predicted octanol–water partition coefficient (Wildman–Crippen LogP) is 1.33. The fraction of sp³-hybridized carbons (Fsp3) is 0.364. The first-order chi connectivity index (χ1) is 8.38. The zero-order chi connectivity index (χ0) is 13.9. The van der Waals surface area contributed by atoms with E-state index in [1.807, 2.05) is 0 Å². The molecular weight excluding hydrogens is 253 g/mol. The Bertz CT molecular complexity index is 436. The zero-order valence-corrected chi connectivity index (χ0v) is 9.31. The number of halogens is 3. The van der Waals surface area contributed by atoms with Crippen molar-refractivity contribution in [3.8, 4) is 0 Å². The Balaban J connectivity index is 2.97. The zero-order valence-electron chi connectivity index (χ0n) is 9.31. The summed E-state index contributed by atoms with van der Waals surface area (Å²) in [5.41, 5.74) is -1.02. The molecule has 2 atom stereocenters. The third-order valence-corrected chi connectivity index (χ3v) is 2.34. The van der Waals surface area contributed by atoms with E-state index in [1.54, 1.807) is 0 Å². The molecule has 0 amide bonds. The molecule has 0 spiro atoms. The van der Waals surface area contributed by atoms with Crippen molar-refractivity contribution in [3.05, 3.63) is 35.1 Å². The van der Waals surface area contributed by atoms with Crippen LogP contribution in [0.2, 0.25) is 0 Å². The van der Waals surface area contributed by atoms with Crippen molar-refractivity contribution in [2.45, 2.75) is 18.6 Å². The Morgan fingerprint density at radius 3 is 2.39 bits per heavy atom. The van der Waals surface area contributed by atoms with Crippen LogP contribution < -0.4 is 0 Å². The predicted molar refractivity (Wildman–Crippen MR) is 54.3 cm³/mol. The van der Waals surface area contributed by atoms with E-state index < -0.39 is 36.0 Å². The number of alkyl halides is 2. The first-order valence-corrected chi connectivity index (χ1v) is 4.90. The number of aliphatic hydroxyl groups is 2. The van der Waals surface area contributed by atoms with Crippen LogP contribution in [0.5, 0.6) is 0 Å². The lowest BCUT2D eigenvalue weighted by Gasteiger charge is -2.16. The van der Waals surface area contributed by atoms with Gasteiger partial charge in [-0.25, -0.2) is 18.0 Å². The van der Waals surface area contributed by atoms with E-state index >= 15 is 0 Å². The van der Waals surface area contributed by atoms with E-state index in [0.29, 0.717) is 6.07 Å². The van der Waals surface area contributed by atoms with E-state index in [0.717, 1.165) is 19.2 Å². The topological polar surface area (TPSA) is 66.8 Å². The molecule has 18 heavy (non-hydrogen) atoms. The highest BCUT2D eigenvalue weighted by Crippen LogP contribution is 2.26. The highest BCUT2D eigenvalue weighted by Gasteiger charge is 2.27. The van der Waals surface area contributed by atoms with Gasteiger partial charge in [0.2, 0.25) is 0 Å². The van der Waals surface area contributed by atoms with Crippen LogP contribution >= 0.6 is 0 Å². The minimum Gasteiger partial charge on any atom is -0.467 e. The van der Waals surface area contributed by atoms with Gasteiger partial charge in [-0.1, -0.05) is 12.1 Å². The van der Waals surface area contributed by atoms with E-state index in [4.69, 9.17) is 0 Å². The molecule has 0 aliphatic carbocycles. The standard InChI is InChI=1S/C11H11F3O4/c1-18-11(17)9(16)8(15)5-2-3-6(10(13)14)7(12)4-5/h2-4,8-10,15-16H,1H3. The smallest absolute Gasteiger partial charge is 0.337 e. The molecule has 1 aromatic rings. The molecule has 2 unspecified atom stereocenters. The van der Waals surface area contributed by atoms with Gasteiger partial charge in [0.05, 0.1) is 12.7 Å². The van der Waals surface area contributed by atoms with E-state index in [9.17, 15) is 28.2 Å². The lowest BCUT2D eigenvalue weighted by molar-refractivity contribution is -0.156. The SMILES string of the molecule is COC(=O)C(O)C(O)c1ccc(C(F)F)c(F)c1. The molecule has 1 aromatic carbocycles. The van der Waals surface area contributed by atoms with E-state index in [1.165, 1.54) is 0 Å². The molecule has 0 aliphatic heterocycles. The number of ether oxygens (including phenoxy) is 1. The van der Waals surface area contributed by atoms with Gasteiger partial charge in [-0.3, -0.25) is 0 Å². The summed E-state index contributed by atoms with van der Waals surface area (Å²) in [6.45, 7) is 0. The second-order valence-electron chi connectivity index (χ2n) is 3.49. The minimum atomic E-state index is -2.98. The van der Waals surface area contributed by atoms with Gasteiger partial charge < -0.3 is 14.9 Å². The van der Waals surface area contributed by atoms with Crippen molar-refractivity contribution >= 4 is 5.97 Å². The van der Waals surface area contributed by atoms with Gasteiger partial charge in [0.15, 0.2) is 6.10 Å². The number of rotatable bonds is 4. The highest BCUT2D eigenvalue weighted by atomic mass is 19.3. The molecule has 0 saturated heterocycles. The van der Waals surface area contributed by atoms with Crippen molar-refractivity contribution < 1.29 is 32.9 Å². The summed E-state index contributed by atoms with van der Waals surface area (Å²) in [6.07, 6.45) is -6.65. The number of aliphatic hydroxyl groups excluding tert-OH is 2. The monoisotopic (exact) mass is 264 g/mol. The van der Waals surface area contributed by atoms with Crippen LogP contribution in [0.4, 0.5) is 13.2 Å². The quantitative estimate of drug-likeness (QED) is 0.805. The van der Waals surface area contributed by atoms with E-state index in [-0.39, 0.29) is 5.56 Å². The Hall–Kier alpha value is -1.60. The van der Waals surface area contributed by atoms with Gasteiger partial charge in [0.25, 0.3) is 6.43 Å². The van der Waals surface area contributed by atoms with Crippen LogP contribution in [0, 0.1) is 5.82 Å². The van der Waals surface area contributed by atoms with Crippen LogP contribution in [-0.2, 0) is 9.53 Å². The Kier molecular flexibility index (Phi) is 4.69. The molecule has 0 fully saturated rings. The van der Waals surface area contributed by atoms with Gasteiger partial charge >= 0.3 is 5.97 Å². The molecule has 4 nitrogen and oxygen atoms in total. The van der Waals surface area contributed by atoms with Gasteiger partial charge in [-0.15, -0.1) is 0 Å². The Labute approximate surface area is 101 Å². The average molecular weight is 264 g/mol. The lowest BCUT2D eigenvalue weighted by Crippen LogP contribution is -2.29. The summed E-state index contributed by atoms with van der Waals surface area (Å²) in [6, 6.07) is 2.42. The maximum atomic E-state index is 13.2. The van der Waals surface area contributed by atoms with Crippen LogP contribution in [-0.4, -0.2) is 29.4 Å². The molecule has 0 aliphatic rings. The normalized spacial score (nSPS) is 14.4. The number of carbonyl (C=O) groups excluding carboxylic acids is 1. The molecular formula is C11H11F3O4. The molecule has 7 heteroatoms. The lowest BCUT2D eigenvalue weighted by atomic mass is 10.0. The number of hydrogen-bond donors (Lipinski definition) is 2. The summed E-state index contributed by atoms with van der Waals surface area (Å²) in [5.74, 6) is -2.33. The number of hydrogen-bond acceptors (Lipinski definition) is 4. The van der Waals surface area contributed by atoms with Gasteiger partial charge in [0, 0.05) is 0 Å². The van der Waals surface area contributed by atoms with Crippen molar-refractivity contribution in [1.82, 2.24) is 0 Å². The molecule has 2 N–H and O–H groups in total. The molecule has 1 rings (SSSR count). The Morgan fingerprint density at radius 1 is 1.33 bits per heavy atom. The molecule has 0 heterocycles. The van der Waals surface area contributed by atoms with Crippen molar-refractivity contribution in [3.63, 3.8) is 0 Å². The van der Waals surface area contributed by atoms with Crippen LogP contribution in [0.15, 0.2) is 18.2 Å². The number of esters is 1. The minimum absolute atomic E-state index is 0.199. The molecule has 0 aromatic heterocycles. The molecule has 0 radical (unpaired) electrons. The number of methoxy groups -OCH3 is 1. The van der Waals surface area contributed by atoms with Gasteiger partial charge in [0.1, 0.15) is 11.9 Å². The number of benzene rings is 1. The summed E-state index contributed by atoms with van der Waals surface area (Å²) in [5, 5.41) is 18.9. The first-order valence-electron chi connectivity index (χ1n) is 4.90. The highest BCUT2D eigenvalue weighted by molar-refractivity contribution is 5.75. The second kappa shape index (κ2) is 5.83. The summed E-state index contributed by atoms with van der Waals surface area (Å²) in [7, 11) is 0.999. The molecule has 0 bridgehead atoms. The third-order valence-electron chi connectivity index (χ3n) is 2.34. The molecule has 100 valence electrons. The van der Waals surface area contributed by atoms with Crippen molar-refractivity contribution in [2.24, 2.45) is 0 Å². The molecule has 0 saturated carbocycles. The van der Waals surface area contributed by atoms with Crippen molar-refractivity contribution in [2.75, 3.05) is 7.11 Å². The van der Waals surface area contributed by atoms with Gasteiger partial charge in [-0.2, -0.15) is 0 Å². The summed E-state index contributed by atoms with van der Waals surface area (Å²) < 4.78 is 42.0. The fourth-order valence-corrected chi connectivity index (χ4v) is 1.34. The maximum absolute atomic E-state index is 13.2. The van der Waals surface area contributed by atoms with Crippen molar-refractivity contribution in [1.29, 1.82) is 0 Å². The largest absolute Gasteiger partial charge is 0.467 e. The second-order valence-corrected chi connectivity index (χ2v) is 3.49. The van der Waals surface area contributed by atoms with Crippen LogP contribution in [0.1, 0.15) is 23.7 Å². The fourth-order valence-electron chi connectivity index (χ4n) is 1.34. The first kappa shape index (κ1) is 14.5. The van der Waals surface area contributed by atoms with Crippen LogP contribution in [0.3, 0.4) is 0 Å². The van der Waals surface area contributed by atoms with E-state index in [2.05, 4.69) is 4.74 Å².